The van der Waals surface area contributed by atoms with Crippen LogP contribution in [0.15, 0.2) is 72.3 Å². The molecule has 0 spiro atoms. The second kappa shape index (κ2) is 9.49. The van der Waals surface area contributed by atoms with Crippen molar-refractivity contribution in [2.75, 3.05) is 6.54 Å². The van der Waals surface area contributed by atoms with Crippen molar-refractivity contribution < 1.29 is 9.59 Å². The molecule has 2 heterocycles. The molecule has 0 saturated heterocycles. The van der Waals surface area contributed by atoms with Gasteiger partial charge < -0.3 is 15.2 Å². The minimum Gasteiger partial charge on any atom is -0.351 e. The summed E-state index contributed by atoms with van der Waals surface area (Å²) in [4.78, 5) is 29.9. The predicted octanol–water partition coefficient (Wildman–Crippen LogP) is 2.92. The summed E-state index contributed by atoms with van der Waals surface area (Å²) >= 11 is 1.50. The first-order valence-corrected chi connectivity index (χ1v) is 9.46. The molecule has 1 aromatic carbocycles. The number of aryl methyl sites for hydroxylation is 1. The zero-order chi connectivity index (χ0) is 18.9. The quantitative estimate of drug-likeness (QED) is 0.466. The summed E-state index contributed by atoms with van der Waals surface area (Å²) in [5.41, 5.74) is 0.733. The molecular weight excluding hydrogens is 360 g/mol. The third kappa shape index (κ3) is 5.65. The molecule has 7 heteroatoms. The van der Waals surface area contributed by atoms with E-state index >= 15 is 0 Å². The van der Waals surface area contributed by atoms with Gasteiger partial charge in [-0.1, -0.05) is 24.3 Å². The Bertz CT molecular complexity index is 887. The number of hydrogen-bond donors (Lipinski definition) is 2. The number of nitrogens with zero attached hydrogens (tertiary/aromatic N) is 2. The predicted molar refractivity (Wildman–Crippen MR) is 106 cm³/mol. The second-order valence-corrected chi connectivity index (χ2v) is 6.78. The second-order valence-electron chi connectivity index (χ2n) is 5.80. The molecule has 2 N–H and O–H groups in total. The van der Waals surface area contributed by atoms with Gasteiger partial charge in [0.25, 0.3) is 11.8 Å². The van der Waals surface area contributed by atoms with Gasteiger partial charge in [0.05, 0.1) is 6.33 Å². The normalized spacial score (nSPS) is 11.2. The van der Waals surface area contributed by atoms with Crippen molar-refractivity contribution in [1.82, 2.24) is 20.2 Å². The van der Waals surface area contributed by atoms with E-state index < -0.39 is 0 Å². The van der Waals surface area contributed by atoms with Gasteiger partial charge in [-0.05, 0) is 36.1 Å². The average Bonchev–Trinajstić information content (AvgIpc) is 3.39. The molecule has 6 nitrogen and oxygen atoms in total. The largest absolute Gasteiger partial charge is 0.351 e. The van der Waals surface area contributed by atoms with Gasteiger partial charge in [0.15, 0.2) is 0 Å². The lowest BCUT2D eigenvalue weighted by Gasteiger charge is -2.11. The highest BCUT2D eigenvalue weighted by atomic mass is 32.1. The lowest BCUT2D eigenvalue weighted by Crippen LogP contribution is -2.35. The number of thiophene rings is 1. The molecule has 3 aromatic rings. The van der Waals surface area contributed by atoms with Crippen molar-refractivity contribution in [1.29, 1.82) is 0 Å². The topological polar surface area (TPSA) is 76.0 Å². The van der Waals surface area contributed by atoms with Gasteiger partial charge in [0, 0.05) is 35.9 Å². The highest BCUT2D eigenvalue weighted by molar-refractivity contribution is 7.10. The van der Waals surface area contributed by atoms with Gasteiger partial charge in [-0.25, -0.2) is 4.98 Å². The Morgan fingerprint density at radius 1 is 1.15 bits per heavy atom. The molecule has 0 aliphatic rings. The molecule has 0 radical (unpaired) electrons. The Balaban J connectivity index is 1.62. The number of imidazole rings is 1. The molecule has 0 saturated carbocycles. The van der Waals surface area contributed by atoms with Crippen LogP contribution in [0, 0.1) is 0 Å². The molecule has 2 amide bonds. The Hall–Kier alpha value is -3.19. The van der Waals surface area contributed by atoms with Gasteiger partial charge in [0.2, 0.25) is 0 Å². The number of rotatable bonds is 8. The van der Waals surface area contributed by atoms with E-state index in [0.717, 1.165) is 17.8 Å². The zero-order valence-corrected chi connectivity index (χ0v) is 15.5. The third-order valence-electron chi connectivity index (χ3n) is 3.80. The first-order valence-electron chi connectivity index (χ1n) is 8.58. The monoisotopic (exact) mass is 380 g/mol. The summed E-state index contributed by atoms with van der Waals surface area (Å²) in [5.74, 6) is -0.620. The van der Waals surface area contributed by atoms with Gasteiger partial charge in [-0.15, -0.1) is 11.3 Å². The van der Waals surface area contributed by atoms with E-state index in [-0.39, 0.29) is 17.5 Å². The fraction of sp³-hybridized carbons (Fsp3) is 0.150. The number of nitrogens with one attached hydrogen (secondary N) is 2. The maximum Gasteiger partial charge on any atom is 0.267 e. The molecular formula is C20H20N4O2S. The molecule has 0 aliphatic heterocycles. The smallest absolute Gasteiger partial charge is 0.267 e. The summed E-state index contributed by atoms with van der Waals surface area (Å²) in [6.45, 7) is 1.26. The van der Waals surface area contributed by atoms with Crippen LogP contribution in [0.1, 0.15) is 21.7 Å². The van der Waals surface area contributed by atoms with Crippen molar-refractivity contribution >= 4 is 29.2 Å². The number of amides is 2. The number of aromatic nitrogens is 2. The summed E-state index contributed by atoms with van der Waals surface area (Å²) in [6, 6.07) is 12.6. The average molecular weight is 380 g/mol. The van der Waals surface area contributed by atoms with Crippen molar-refractivity contribution in [3.63, 3.8) is 0 Å². The van der Waals surface area contributed by atoms with Gasteiger partial charge in [-0.3, -0.25) is 9.59 Å². The van der Waals surface area contributed by atoms with E-state index in [1.807, 2.05) is 34.3 Å². The highest BCUT2D eigenvalue weighted by Crippen LogP contribution is 2.13. The Morgan fingerprint density at radius 3 is 2.70 bits per heavy atom. The summed E-state index contributed by atoms with van der Waals surface area (Å²) in [5, 5.41) is 7.51. The van der Waals surface area contributed by atoms with E-state index in [4.69, 9.17) is 0 Å². The molecule has 0 atom stereocenters. The van der Waals surface area contributed by atoms with Crippen molar-refractivity contribution in [3.8, 4) is 0 Å². The lowest BCUT2D eigenvalue weighted by molar-refractivity contribution is -0.117. The number of carbonyl (C=O) groups is 2. The molecule has 0 fully saturated rings. The number of carbonyl (C=O) groups excluding carboxylic acids is 2. The van der Waals surface area contributed by atoms with Crippen LogP contribution >= 0.6 is 11.3 Å². The van der Waals surface area contributed by atoms with Gasteiger partial charge in [0.1, 0.15) is 5.70 Å². The van der Waals surface area contributed by atoms with Crippen molar-refractivity contribution in [2.45, 2.75) is 13.0 Å². The third-order valence-corrected chi connectivity index (χ3v) is 4.62. The molecule has 3 rings (SSSR count). The van der Waals surface area contributed by atoms with Crippen LogP contribution in [0.25, 0.3) is 6.08 Å². The minimum atomic E-state index is -0.313. The van der Waals surface area contributed by atoms with E-state index in [2.05, 4.69) is 15.6 Å². The molecule has 0 bridgehead atoms. The highest BCUT2D eigenvalue weighted by Gasteiger charge is 2.14. The summed E-state index contributed by atoms with van der Waals surface area (Å²) in [6.07, 6.45) is 7.80. The lowest BCUT2D eigenvalue weighted by atomic mass is 10.2. The first kappa shape index (κ1) is 18.6. The van der Waals surface area contributed by atoms with Crippen molar-refractivity contribution in [3.05, 3.63) is 82.7 Å². The van der Waals surface area contributed by atoms with Crippen LogP contribution < -0.4 is 10.6 Å². The van der Waals surface area contributed by atoms with Crippen LogP contribution in [-0.4, -0.2) is 27.9 Å². The molecule has 0 aliphatic carbocycles. The van der Waals surface area contributed by atoms with E-state index in [9.17, 15) is 9.59 Å². The SMILES string of the molecule is O=C(NCCCn1ccnc1)C(=Cc1cccs1)NC(=O)c1ccccc1. The molecule has 2 aromatic heterocycles. The van der Waals surface area contributed by atoms with Crippen LogP contribution in [0.5, 0.6) is 0 Å². The number of benzene rings is 1. The fourth-order valence-corrected chi connectivity index (χ4v) is 3.09. The molecule has 138 valence electrons. The van der Waals surface area contributed by atoms with E-state index in [0.29, 0.717) is 12.1 Å². The molecule has 27 heavy (non-hydrogen) atoms. The van der Waals surface area contributed by atoms with Crippen LogP contribution in [0.2, 0.25) is 0 Å². The van der Waals surface area contributed by atoms with E-state index in [1.165, 1.54) is 11.3 Å². The van der Waals surface area contributed by atoms with E-state index in [1.54, 1.807) is 42.9 Å². The maximum atomic E-state index is 12.6. The standard InChI is InChI=1S/C20H20N4O2S/c25-19(16-6-2-1-3-7-16)23-18(14-17-8-4-13-27-17)20(26)22-9-5-11-24-12-10-21-15-24/h1-4,6-8,10,12-15H,5,9,11H2,(H,22,26)(H,23,25). The van der Waals surface area contributed by atoms with Gasteiger partial charge >= 0.3 is 0 Å². The first-order chi connectivity index (χ1) is 13.2. The Kier molecular flexibility index (Phi) is 6.54. The summed E-state index contributed by atoms with van der Waals surface area (Å²) in [7, 11) is 0. The van der Waals surface area contributed by atoms with Crippen LogP contribution in [0.4, 0.5) is 0 Å². The van der Waals surface area contributed by atoms with Gasteiger partial charge in [-0.2, -0.15) is 0 Å². The Labute approximate surface area is 161 Å². The molecule has 0 unspecified atom stereocenters. The maximum absolute atomic E-state index is 12.6. The number of hydrogen-bond acceptors (Lipinski definition) is 4. The van der Waals surface area contributed by atoms with Crippen LogP contribution in [-0.2, 0) is 11.3 Å². The Morgan fingerprint density at radius 2 is 2.00 bits per heavy atom. The van der Waals surface area contributed by atoms with Crippen molar-refractivity contribution in [2.24, 2.45) is 0 Å². The zero-order valence-electron chi connectivity index (χ0n) is 14.7. The fourth-order valence-electron chi connectivity index (χ4n) is 2.44. The van der Waals surface area contributed by atoms with Crippen LogP contribution in [0.3, 0.4) is 0 Å². The minimum absolute atomic E-state index is 0.230. The summed E-state index contributed by atoms with van der Waals surface area (Å²) < 4.78 is 1.95.